The van der Waals surface area contributed by atoms with Gasteiger partial charge in [0.25, 0.3) is 0 Å². The smallest absolute Gasteiger partial charge is 0.167 e. The average molecular weight is 280 g/mol. The molecule has 1 fully saturated rings. The van der Waals surface area contributed by atoms with Crippen LogP contribution in [0.2, 0.25) is 0 Å². The third kappa shape index (κ3) is 1.91. The molecule has 0 radical (unpaired) electrons. The van der Waals surface area contributed by atoms with Crippen LogP contribution in [0.25, 0.3) is 11.2 Å². The summed E-state index contributed by atoms with van der Waals surface area (Å²) in [5.41, 5.74) is 12.4. The molecule has 108 valence electrons. The number of anilines is 1. The van der Waals surface area contributed by atoms with Crippen LogP contribution in [-0.2, 0) is 11.3 Å². The lowest BCUT2D eigenvalue weighted by Gasteiger charge is -2.16. The Balaban J connectivity index is 2.09. The van der Waals surface area contributed by atoms with Crippen LogP contribution in [-0.4, -0.2) is 48.5 Å². The van der Waals surface area contributed by atoms with E-state index in [-0.39, 0.29) is 19.0 Å². The highest BCUT2D eigenvalue weighted by Gasteiger charge is 2.36. The Morgan fingerprint density at radius 2 is 2.25 bits per heavy atom. The van der Waals surface area contributed by atoms with E-state index in [9.17, 15) is 5.11 Å². The van der Waals surface area contributed by atoms with Crippen molar-refractivity contribution < 1.29 is 14.9 Å². The molecule has 20 heavy (non-hydrogen) atoms. The van der Waals surface area contributed by atoms with Crippen molar-refractivity contribution in [2.24, 2.45) is 5.73 Å². The van der Waals surface area contributed by atoms with Gasteiger partial charge in [-0.15, -0.1) is 0 Å². The minimum atomic E-state index is -0.743. The molecule has 3 rings (SSSR count). The SMILES string of the molecule is NCc1nc2c(N)ncnc2n1[C@H]1CC(O)[C@@H](CO)O1. The predicted octanol–water partition coefficient (Wildman–Crippen LogP) is -1.49. The zero-order valence-corrected chi connectivity index (χ0v) is 10.7. The minimum Gasteiger partial charge on any atom is -0.394 e. The second kappa shape index (κ2) is 4.94. The Hall–Kier alpha value is -1.81. The van der Waals surface area contributed by atoms with Crippen LogP contribution in [0, 0.1) is 0 Å². The normalized spacial score (nSPS) is 26.4. The standard InChI is InChI=1S/C11H16N6O3/c12-2-7-16-9-10(13)14-4-15-11(9)17(7)8-1-5(19)6(3-18)20-8/h4-6,8,18-19H,1-3,12H2,(H2,13,14,15)/t5?,6-,8-/m1/s1. The maximum Gasteiger partial charge on any atom is 0.167 e. The summed E-state index contributed by atoms with van der Waals surface area (Å²) < 4.78 is 7.32. The van der Waals surface area contributed by atoms with Crippen LogP contribution in [0.1, 0.15) is 18.5 Å². The molecule has 0 aliphatic carbocycles. The fourth-order valence-corrected chi connectivity index (χ4v) is 2.46. The van der Waals surface area contributed by atoms with Crippen molar-refractivity contribution in [2.45, 2.75) is 31.4 Å². The van der Waals surface area contributed by atoms with E-state index in [1.165, 1.54) is 6.33 Å². The zero-order chi connectivity index (χ0) is 14.3. The van der Waals surface area contributed by atoms with Crippen LogP contribution in [0.15, 0.2) is 6.33 Å². The van der Waals surface area contributed by atoms with Crippen molar-refractivity contribution in [1.29, 1.82) is 0 Å². The molecular formula is C11H16N6O3. The molecule has 1 aliphatic rings. The molecule has 6 N–H and O–H groups in total. The maximum atomic E-state index is 9.84. The lowest BCUT2D eigenvalue weighted by atomic mass is 10.2. The highest BCUT2D eigenvalue weighted by molar-refractivity contribution is 5.81. The molecule has 1 saturated heterocycles. The van der Waals surface area contributed by atoms with Gasteiger partial charge >= 0.3 is 0 Å². The summed E-state index contributed by atoms with van der Waals surface area (Å²) in [5.74, 6) is 0.809. The van der Waals surface area contributed by atoms with E-state index in [1.807, 2.05) is 0 Å². The van der Waals surface area contributed by atoms with Gasteiger partial charge in [-0.25, -0.2) is 15.0 Å². The second-order valence-electron chi connectivity index (χ2n) is 4.65. The fraction of sp³-hybridized carbons (Fsp3) is 0.545. The van der Waals surface area contributed by atoms with E-state index in [0.717, 1.165) is 0 Å². The Bertz CT molecular complexity index is 630. The number of aromatic nitrogens is 4. The number of aliphatic hydroxyl groups excluding tert-OH is 2. The van der Waals surface area contributed by atoms with Crippen LogP contribution in [0.4, 0.5) is 5.82 Å². The van der Waals surface area contributed by atoms with Crippen molar-refractivity contribution in [3.63, 3.8) is 0 Å². The molecule has 9 heteroatoms. The lowest BCUT2D eigenvalue weighted by molar-refractivity contribution is -0.0440. The van der Waals surface area contributed by atoms with Crippen LogP contribution in [0.3, 0.4) is 0 Å². The third-order valence-corrected chi connectivity index (χ3v) is 3.43. The maximum absolute atomic E-state index is 9.84. The van der Waals surface area contributed by atoms with Crippen LogP contribution < -0.4 is 11.5 Å². The first-order chi connectivity index (χ1) is 9.65. The fourth-order valence-electron chi connectivity index (χ4n) is 2.46. The first kappa shape index (κ1) is 13.2. The summed E-state index contributed by atoms with van der Waals surface area (Å²) in [6, 6.07) is 0. The number of nitrogens with two attached hydrogens (primary N) is 2. The molecular weight excluding hydrogens is 264 g/mol. The van der Waals surface area contributed by atoms with Crippen molar-refractivity contribution in [3.8, 4) is 0 Å². The van der Waals surface area contributed by atoms with Gasteiger partial charge in [0, 0.05) is 6.42 Å². The Morgan fingerprint density at radius 3 is 2.90 bits per heavy atom. The highest BCUT2D eigenvalue weighted by Crippen LogP contribution is 2.32. The number of fused-ring (bicyclic) bond motifs is 1. The number of nitrogens with zero attached hydrogens (tertiary/aromatic N) is 4. The Morgan fingerprint density at radius 1 is 1.45 bits per heavy atom. The number of nitrogen functional groups attached to an aromatic ring is 1. The Kier molecular flexibility index (Phi) is 3.26. The van der Waals surface area contributed by atoms with E-state index in [0.29, 0.717) is 23.4 Å². The van der Waals surface area contributed by atoms with Crippen molar-refractivity contribution in [1.82, 2.24) is 19.5 Å². The lowest BCUT2D eigenvalue weighted by Crippen LogP contribution is -2.24. The van der Waals surface area contributed by atoms with Gasteiger partial charge < -0.3 is 26.4 Å². The molecule has 0 amide bonds. The molecule has 0 spiro atoms. The topological polar surface area (TPSA) is 145 Å². The number of hydrogen-bond donors (Lipinski definition) is 4. The quantitative estimate of drug-likeness (QED) is 0.532. The molecule has 9 nitrogen and oxygen atoms in total. The van der Waals surface area contributed by atoms with Gasteiger partial charge in [0.1, 0.15) is 24.5 Å². The summed E-state index contributed by atoms with van der Waals surface area (Å²) in [7, 11) is 0. The molecule has 1 aliphatic heterocycles. The summed E-state index contributed by atoms with van der Waals surface area (Å²) in [4.78, 5) is 12.4. The highest BCUT2D eigenvalue weighted by atomic mass is 16.5. The molecule has 0 saturated carbocycles. The molecule has 0 bridgehead atoms. The molecule has 0 aromatic carbocycles. The second-order valence-corrected chi connectivity index (χ2v) is 4.65. The summed E-state index contributed by atoms with van der Waals surface area (Å²) >= 11 is 0. The molecule has 2 aromatic heterocycles. The summed E-state index contributed by atoms with van der Waals surface area (Å²) in [6.45, 7) is -0.0745. The van der Waals surface area contributed by atoms with Crippen LogP contribution in [0.5, 0.6) is 0 Å². The van der Waals surface area contributed by atoms with Gasteiger partial charge in [0.05, 0.1) is 19.3 Å². The number of hydrogen-bond acceptors (Lipinski definition) is 8. The van der Waals surface area contributed by atoms with Crippen molar-refractivity contribution in [3.05, 3.63) is 12.2 Å². The van der Waals surface area contributed by atoms with E-state index in [2.05, 4.69) is 15.0 Å². The van der Waals surface area contributed by atoms with Gasteiger partial charge in [-0.3, -0.25) is 4.57 Å². The molecule has 3 atom stereocenters. The number of rotatable bonds is 3. The van der Waals surface area contributed by atoms with Gasteiger partial charge in [-0.2, -0.15) is 0 Å². The van der Waals surface area contributed by atoms with E-state index >= 15 is 0 Å². The Labute approximate surface area is 114 Å². The van der Waals surface area contributed by atoms with E-state index < -0.39 is 18.4 Å². The van der Waals surface area contributed by atoms with Gasteiger partial charge in [0.2, 0.25) is 0 Å². The van der Waals surface area contributed by atoms with Crippen molar-refractivity contribution in [2.75, 3.05) is 12.3 Å². The summed E-state index contributed by atoms with van der Waals surface area (Å²) in [6.07, 6.45) is -0.187. The largest absolute Gasteiger partial charge is 0.394 e. The molecule has 3 heterocycles. The third-order valence-electron chi connectivity index (χ3n) is 3.43. The number of aliphatic hydroxyl groups is 2. The van der Waals surface area contributed by atoms with E-state index in [4.69, 9.17) is 21.3 Å². The van der Waals surface area contributed by atoms with Gasteiger partial charge in [-0.05, 0) is 0 Å². The zero-order valence-electron chi connectivity index (χ0n) is 10.7. The monoisotopic (exact) mass is 280 g/mol. The van der Waals surface area contributed by atoms with Gasteiger partial charge in [-0.1, -0.05) is 0 Å². The first-order valence-corrected chi connectivity index (χ1v) is 6.27. The first-order valence-electron chi connectivity index (χ1n) is 6.27. The average Bonchev–Trinajstić information content (AvgIpc) is 2.99. The van der Waals surface area contributed by atoms with Gasteiger partial charge in [0.15, 0.2) is 17.0 Å². The van der Waals surface area contributed by atoms with Crippen LogP contribution >= 0.6 is 0 Å². The number of ether oxygens (including phenoxy) is 1. The van der Waals surface area contributed by atoms with Crippen molar-refractivity contribution >= 4 is 17.0 Å². The molecule has 1 unspecified atom stereocenters. The number of imidazole rings is 1. The van der Waals surface area contributed by atoms with E-state index in [1.54, 1.807) is 4.57 Å². The summed E-state index contributed by atoms with van der Waals surface area (Å²) in [5, 5.41) is 19.0. The predicted molar refractivity (Wildman–Crippen MR) is 69.2 cm³/mol. The molecule has 2 aromatic rings. The minimum absolute atomic E-state index is 0.176.